The zero-order valence-electron chi connectivity index (χ0n) is 16.2. The molecule has 0 spiro atoms. The van der Waals surface area contributed by atoms with Gasteiger partial charge in [0.1, 0.15) is 18.1 Å². The second-order valence-electron chi connectivity index (χ2n) is 6.18. The maximum Gasteiger partial charge on any atom is 0.343 e. The van der Waals surface area contributed by atoms with Gasteiger partial charge in [-0.3, -0.25) is 4.79 Å². The molecule has 29 heavy (non-hydrogen) atoms. The molecule has 5 heteroatoms. The van der Waals surface area contributed by atoms with Crippen LogP contribution in [0.2, 0.25) is 0 Å². The molecule has 0 atom stereocenters. The molecule has 3 aromatic rings. The summed E-state index contributed by atoms with van der Waals surface area (Å²) in [5.74, 6) is 0.470. The molecule has 5 nitrogen and oxygen atoms in total. The number of carbonyl (C=O) groups excluding carboxylic acids is 2. The molecule has 0 radical (unpaired) electrons. The predicted molar refractivity (Wildman–Crippen MR) is 110 cm³/mol. The van der Waals surface area contributed by atoms with E-state index in [-0.39, 0.29) is 5.78 Å². The summed E-state index contributed by atoms with van der Waals surface area (Å²) < 4.78 is 16.1. The van der Waals surface area contributed by atoms with Gasteiger partial charge >= 0.3 is 5.97 Å². The standard InChI is InChI=1S/C24H22O5/c1-2-27-16-17-28-21-12-10-20(11-13-21)24(26)29-22-14-8-19(9-15-22)23(25)18-6-4-3-5-7-18/h3-15H,2,16-17H2,1H3. The number of esters is 1. The molecule has 0 aromatic heterocycles. The van der Waals surface area contributed by atoms with Crippen LogP contribution >= 0.6 is 0 Å². The smallest absolute Gasteiger partial charge is 0.343 e. The average Bonchev–Trinajstić information content (AvgIpc) is 2.78. The van der Waals surface area contributed by atoms with Gasteiger partial charge in [-0.05, 0) is 55.5 Å². The molecule has 0 saturated heterocycles. The van der Waals surface area contributed by atoms with E-state index in [4.69, 9.17) is 14.2 Å². The number of benzene rings is 3. The molecular weight excluding hydrogens is 368 g/mol. The minimum Gasteiger partial charge on any atom is -0.491 e. The van der Waals surface area contributed by atoms with Gasteiger partial charge in [0, 0.05) is 17.7 Å². The Hall–Kier alpha value is -3.44. The van der Waals surface area contributed by atoms with E-state index in [2.05, 4.69) is 0 Å². The molecule has 0 unspecified atom stereocenters. The van der Waals surface area contributed by atoms with Crippen molar-refractivity contribution in [3.63, 3.8) is 0 Å². The Labute approximate surface area is 169 Å². The van der Waals surface area contributed by atoms with E-state index in [0.717, 1.165) is 0 Å². The van der Waals surface area contributed by atoms with Crippen molar-refractivity contribution in [2.24, 2.45) is 0 Å². The van der Waals surface area contributed by atoms with Crippen LogP contribution in [0.15, 0.2) is 78.9 Å². The maximum atomic E-state index is 12.4. The Morgan fingerprint density at radius 3 is 1.93 bits per heavy atom. The molecule has 0 aliphatic heterocycles. The van der Waals surface area contributed by atoms with E-state index >= 15 is 0 Å². The molecule has 0 aliphatic carbocycles. The summed E-state index contributed by atoms with van der Waals surface area (Å²) >= 11 is 0. The molecule has 0 N–H and O–H groups in total. The van der Waals surface area contributed by atoms with Crippen LogP contribution in [0.4, 0.5) is 0 Å². The van der Waals surface area contributed by atoms with Crippen LogP contribution in [0.5, 0.6) is 11.5 Å². The van der Waals surface area contributed by atoms with Crippen molar-refractivity contribution in [2.45, 2.75) is 6.92 Å². The van der Waals surface area contributed by atoms with Gasteiger partial charge in [-0.15, -0.1) is 0 Å². The minimum absolute atomic E-state index is 0.0802. The molecule has 148 valence electrons. The number of hydrogen-bond acceptors (Lipinski definition) is 5. The zero-order valence-corrected chi connectivity index (χ0v) is 16.2. The monoisotopic (exact) mass is 390 g/mol. The zero-order chi connectivity index (χ0) is 20.5. The molecule has 0 saturated carbocycles. The summed E-state index contributed by atoms with van der Waals surface area (Å²) in [4.78, 5) is 24.7. The third-order valence-corrected chi connectivity index (χ3v) is 4.15. The summed E-state index contributed by atoms with van der Waals surface area (Å²) in [5, 5.41) is 0. The Balaban J connectivity index is 1.57. The maximum absolute atomic E-state index is 12.4. The van der Waals surface area contributed by atoms with E-state index in [1.54, 1.807) is 60.7 Å². The Morgan fingerprint density at radius 1 is 0.690 bits per heavy atom. The van der Waals surface area contributed by atoms with E-state index in [1.807, 2.05) is 25.1 Å². The summed E-state index contributed by atoms with van der Waals surface area (Å²) in [7, 11) is 0. The second-order valence-corrected chi connectivity index (χ2v) is 6.18. The lowest BCUT2D eigenvalue weighted by atomic mass is 10.0. The summed E-state index contributed by atoms with van der Waals surface area (Å²) in [5.41, 5.74) is 1.55. The van der Waals surface area contributed by atoms with Crippen molar-refractivity contribution in [3.05, 3.63) is 95.6 Å². The van der Waals surface area contributed by atoms with Gasteiger partial charge in [-0.2, -0.15) is 0 Å². The Morgan fingerprint density at radius 2 is 1.28 bits per heavy atom. The molecular formula is C24H22O5. The number of ether oxygens (including phenoxy) is 3. The van der Waals surface area contributed by atoms with Crippen LogP contribution in [-0.2, 0) is 4.74 Å². The Bertz CT molecular complexity index is 931. The van der Waals surface area contributed by atoms with Crippen molar-refractivity contribution in [2.75, 3.05) is 19.8 Å². The highest BCUT2D eigenvalue weighted by atomic mass is 16.5. The number of carbonyl (C=O) groups is 2. The first-order valence-electron chi connectivity index (χ1n) is 9.40. The van der Waals surface area contributed by atoms with E-state index < -0.39 is 5.97 Å². The molecule has 0 fully saturated rings. The van der Waals surface area contributed by atoms with Gasteiger partial charge in [-0.25, -0.2) is 4.79 Å². The van der Waals surface area contributed by atoms with Gasteiger partial charge in [0.2, 0.25) is 0 Å². The average molecular weight is 390 g/mol. The lowest BCUT2D eigenvalue weighted by Crippen LogP contribution is -2.09. The molecule has 3 rings (SSSR count). The second kappa shape index (κ2) is 10.2. The van der Waals surface area contributed by atoms with Crippen molar-refractivity contribution < 1.29 is 23.8 Å². The van der Waals surface area contributed by atoms with Crippen LogP contribution < -0.4 is 9.47 Å². The molecule has 3 aromatic carbocycles. The highest BCUT2D eigenvalue weighted by Crippen LogP contribution is 2.18. The third-order valence-electron chi connectivity index (χ3n) is 4.15. The topological polar surface area (TPSA) is 61.8 Å². The summed E-state index contributed by atoms with van der Waals surface area (Å²) in [6, 6.07) is 22.3. The van der Waals surface area contributed by atoms with Crippen LogP contribution in [0, 0.1) is 0 Å². The highest BCUT2D eigenvalue weighted by Gasteiger charge is 2.11. The molecule has 0 aliphatic rings. The fourth-order valence-electron chi connectivity index (χ4n) is 2.65. The van der Waals surface area contributed by atoms with Crippen molar-refractivity contribution in [1.29, 1.82) is 0 Å². The highest BCUT2D eigenvalue weighted by molar-refractivity contribution is 6.09. The fraction of sp³-hybridized carbons (Fsp3) is 0.167. The first kappa shape index (κ1) is 20.3. The van der Waals surface area contributed by atoms with Gasteiger partial charge in [0.05, 0.1) is 12.2 Å². The lowest BCUT2D eigenvalue weighted by Gasteiger charge is -2.08. The van der Waals surface area contributed by atoms with E-state index in [9.17, 15) is 9.59 Å². The number of ketones is 1. The summed E-state index contributed by atoms with van der Waals surface area (Å²) in [6.45, 7) is 3.54. The van der Waals surface area contributed by atoms with E-state index in [1.165, 1.54) is 0 Å². The normalized spacial score (nSPS) is 10.4. The quantitative estimate of drug-likeness (QED) is 0.232. The van der Waals surface area contributed by atoms with Crippen LogP contribution in [0.1, 0.15) is 33.2 Å². The predicted octanol–water partition coefficient (Wildman–Crippen LogP) is 4.55. The van der Waals surface area contributed by atoms with Crippen LogP contribution in [0.3, 0.4) is 0 Å². The molecule has 0 bridgehead atoms. The number of hydrogen-bond donors (Lipinski definition) is 0. The SMILES string of the molecule is CCOCCOc1ccc(C(=O)Oc2ccc(C(=O)c3ccccc3)cc2)cc1. The van der Waals surface area contributed by atoms with Gasteiger partial charge in [-0.1, -0.05) is 30.3 Å². The largest absolute Gasteiger partial charge is 0.491 e. The molecule has 0 amide bonds. The number of rotatable bonds is 9. The lowest BCUT2D eigenvalue weighted by molar-refractivity contribution is 0.0734. The molecule has 0 heterocycles. The van der Waals surface area contributed by atoms with Crippen molar-refractivity contribution >= 4 is 11.8 Å². The van der Waals surface area contributed by atoms with Crippen molar-refractivity contribution in [3.8, 4) is 11.5 Å². The van der Waals surface area contributed by atoms with E-state index in [0.29, 0.717) is 48.0 Å². The van der Waals surface area contributed by atoms with Crippen LogP contribution in [-0.4, -0.2) is 31.6 Å². The minimum atomic E-state index is -0.479. The van der Waals surface area contributed by atoms with Crippen molar-refractivity contribution in [1.82, 2.24) is 0 Å². The fourth-order valence-corrected chi connectivity index (χ4v) is 2.65. The first-order chi connectivity index (χ1) is 14.2. The van der Waals surface area contributed by atoms with Crippen LogP contribution in [0.25, 0.3) is 0 Å². The first-order valence-corrected chi connectivity index (χ1v) is 9.40. The van der Waals surface area contributed by atoms with Gasteiger partial charge in [0.25, 0.3) is 0 Å². The van der Waals surface area contributed by atoms with Gasteiger partial charge in [0.15, 0.2) is 5.78 Å². The van der Waals surface area contributed by atoms with Gasteiger partial charge < -0.3 is 14.2 Å². The summed E-state index contributed by atoms with van der Waals surface area (Å²) in [6.07, 6.45) is 0. The third kappa shape index (κ3) is 5.77. The Kier molecular flexibility index (Phi) is 7.14.